The molecule has 2 aromatic heterocycles. The van der Waals surface area contributed by atoms with E-state index in [1.54, 1.807) is 22.7 Å². The summed E-state index contributed by atoms with van der Waals surface area (Å²) in [6.45, 7) is 0. The van der Waals surface area contributed by atoms with E-state index >= 15 is 0 Å². The van der Waals surface area contributed by atoms with E-state index in [-0.39, 0.29) is 0 Å². The van der Waals surface area contributed by atoms with Crippen molar-refractivity contribution in [2.24, 2.45) is 0 Å². The molecule has 0 aliphatic heterocycles. The van der Waals surface area contributed by atoms with E-state index in [1.807, 2.05) is 35.0 Å². The molecule has 0 spiro atoms. The van der Waals surface area contributed by atoms with Gasteiger partial charge in [-0.05, 0) is 67.3 Å². The van der Waals surface area contributed by atoms with Crippen molar-refractivity contribution < 1.29 is 10.2 Å². The lowest BCUT2D eigenvalue weighted by Gasteiger charge is -2.12. The van der Waals surface area contributed by atoms with Crippen molar-refractivity contribution in [3.63, 3.8) is 0 Å². The molecule has 4 aromatic carbocycles. The van der Waals surface area contributed by atoms with Crippen LogP contribution in [-0.4, -0.2) is 10.2 Å². The SMILES string of the molecule is Oc1cc2c(cc(O)c3c2ccc2ccsc23)c2ccc3ccsc3c12. The Balaban J connectivity index is 1.93. The van der Waals surface area contributed by atoms with Gasteiger partial charge in [0.05, 0.1) is 0 Å². The number of thiophene rings is 2. The van der Waals surface area contributed by atoms with E-state index in [9.17, 15) is 10.2 Å². The lowest BCUT2D eigenvalue weighted by molar-refractivity contribution is 0.481. The third-order valence-corrected chi connectivity index (χ3v) is 7.08. The first-order valence-electron chi connectivity index (χ1n) is 8.30. The smallest absolute Gasteiger partial charge is 0.125 e. The van der Waals surface area contributed by atoms with Gasteiger partial charge in [0.25, 0.3) is 0 Å². The molecule has 0 fully saturated rings. The van der Waals surface area contributed by atoms with E-state index in [1.165, 1.54) is 0 Å². The molecular weight excluding hydrogens is 360 g/mol. The summed E-state index contributed by atoms with van der Waals surface area (Å²) in [5.41, 5.74) is 0. The maximum absolute atomic E-state index is 10.8. The average Bonchev–Trinajstić information content (AvgIpc) is 3.30. The van der Waals surface area contributed by atoms with Crippen LogP contribution in [0, 0.1) is 0 Å². The normalized spacial score (nSPS) is 12.2. The van der Waals surface area contributed by atoms with Gasteiger partial charge in [-0.3, -0.25) is 0 Å². The molecule has 26 heavy (non-hydrogen) atoms. The minimum Gasteiger partial charge on any atom is -0.507 e. The lowest BCUT2D eigenvalue weighted by atomic mass is 9.94. The summed E-state index contributed by atoms with van der Waals surface area (Å²) < 4.78 is 2.16. The molecule has 0 unspecified atom stereocenters. The number of phenols is 2. The zero-order valence-electron chi connectivity index (χ0n) is 13.5. The lowest BCUT2D eigenvalue weighted by Crippen LogP contribution is -1.84. The van der Waals surface area contributed by atoms with E-state index in [0.717, 1.165) is 52.5 Å². The van der Waals surface area contributed by atoms with Crippen LogP contribution >= 0.6 is 22.7 Å². The molecule has 4 heteroatoms. The van der Waals surface area contributed by atoms with Crippen LogP contribution in [0.4, 0.5) is 0 Å². The van der Waals surface area contributed by atoms with Crippen molar-refractivity contribution >= 4 is 75.2 Å². The van der Waals surface area contributed by atoms with Crippen LogP contribution in [0.2, 0.25) is 0 Å². The maximum Gasteiger partial charge on any atom is 0.125 e. The van der Waals surface area contributed by atoms with Crippen LogP contribution < -0.4 is 0 Å². The van der Waals surface area contributed by atoms with Crippen molar-refractivity contribution in [2.45, 2.75) is 0 Å². The average molecular weight is 372 g/mol. The van der Waals surface area contributed by atoms with Crippen molar-refractivity contribution in [1.82, 2.24) is 0 Å². The fraction of sp³-hybridized carbons (Fsp3) is 0. The molecule has 0 aliphatic rings. The molecule has 124 valence electrons. The zero-order valence-corrected chi connectivity index (χ0v) is 15.1. The Kier molecular flexibility index (Phi) is 2.69. The highest BCUT2D eigenvalue weighted by Crippen LogP contribution is 2.45. The highest BCUT2D eigenvalue weighted by molar-refractivity contribution is 7.18. The van der Waals surface area contributed by atoms with Crippen molar-refractivity contribution in [3.05, 3.63) is 59.3 Å². The van der Waals surface area contributed by atoms with Crippen LogP contribution in [0.3, 0.4) is 0 Å². The van der Waals surface area contributed by atoms with E-state index < -0.39 is 0 Å². The Morgan fingerprint density at radius 1 is 0.538 bits per heavy atom. The van der Waals surface area contributed by atoms with Crippen molar-refractivity contribution in [1.29, 1.82) is 0 Å². The van der Waals surface area contributed by atoms with Gasteiger partial charge >= 0.3 is 0 Å². The molecule has 0 bridgehead atoms. The predicted molar refractivity (Wildman–Crippen MR) is 113 cm³/mol. The van der Waals surface area contributed by atoms with Gasteiger partial charge in [-0.2, -0.15) is 0 Å². The Hall–Kier alpha value is -2.82. The Bertz CT molecular complexity index is 1390. The first-order valence-corrected chi connectivity index (χ1v) is 10.1. The molecule has 0 radical (unpaired) electrons. The van der Waals surface area contributed by atoms with Gasteiger partial charge in [0.2, 0.25) is 0 Å². The number of aromatic hydroxyl groups is 2. The monoisotopic (exact) mass is 372 g/mol. The van der Waals surface area contributed by atoms with Crippen molar-refractivity contribution in [3.8, 4) is 11.5 Å². The molecule has 0 saturated carbocycles. The number of hydrogen-bond donors (Lipinski definition) is 2. The topological polar surface area (TPSA) is 40.5 Å². The second kappa shape index (κ2) is 4.87. The number of rotatable bonds is 0. The fourth-order valence-electron chi connectivity index (χ4n) is 4.04. The number of hydrogen-bond acceptors (Lipinski definition) is 4. The summed E-state index contributed by atoms with van der Waals surface area (Å²) in [7, 11) is 0. The van der Waals surface area contributed by atoms with Crippen LogP contribution in [0.25, 0.3) is 52.5 Å². The quantitative estimate of drug-likeness (QED) is 0.282. The van der Waals surface area contributed by atoms with Gasteiger partial charge in [-0.15, -0.1) is 22.7 Å². The van der Waals surface area contributed by atoms with Gasteiger partial charge in [0.1, 0.15) is 11.5 Å². The first kappa shape index (κ1) is 14.4. The van der Waals surface area contributed by atoms with Crippen LogP contribution in [0.15, 0.2) is 59.3 Å². The molecule has 2 nitrogen and oxygen atoms in total. The van der Waals surface area contributed by atoms with Crippen LogP contribution in [0.1, 0.15) is 0 Å². The molecular formula is C22H12O2S2. The predicted octanol–water partition coefficient (Wildman–Crippen LogP) is 6.99. The number of fused-ring (bicyclic) bond motifs is 9. The summed E-state index contributed by atoms with van der Waals surface area (Å²) in [6, 6.07) is 16.1. The third-order valence-electron chi connectivity index (χ3n) is 5.19. The van der Waals surface area contributed by atoms with E-state index in [0.29, 0.717) is 11.5 Å². The molecule has 0 saturated heterocycles. The summed E-state index contributed by atoms with van der Waals surface area (Å²) in [5, 5.41) is 33.6. The number of benzene rings is 4. The Morgan fingerprint density at radius 3 is 1.46 bits per heavy atom. The van der Waals surface area contributed by atoms with Gasteiger partial charge in [-0.1, -0.05) is 24.3 Å². The molecule has 0 amide bonds. The van der Waals surface area contributed by atoms with E-state index in [4.69, 9.17) is 0 Å². The summed E-state index contributed by atoms with van der Waals surface area (Å²) in [5.74, 6) is 0.581. The standard InChI is InChI=1S/C22H12O2S2/c23-17-10-16-14-4-2-12-6-8-26-22(12)20(14)18(24)9-15(16)13-3-1-11-5-7-25-21(11)19(13)17/h1-10,23-24H. The van der Waals surface area contributed by atoms with Gasteiger partial charge < -0.3 is 10.2 Å². The second-order valence-corrected chi connectivity index (χ2v) is 8.37. The summed E-state index contributed by atoms with van der Waals surface area (Å²) in [6.07, 6.45) is 0. The largest absolute Gasteiger partial charge is 0.507 e. The molecule has 6 rings (SSSR count). The zero-order chi connectivity index (χ0) is 17.4. The van der Waals surface area contributed by atoms with Crippen LogP contribution in [-0.2, 0) is 0 Å². The highest BCUT2D eigenvalue weighted by Gasteiger charge is 2.16. The Morgan fingerprint density at radius 2 is 1.00 bits per heavy atom. The first-order chi connectivity index (χ1) is 12.7. The minimum atomic E-state index is 0.291. The molecule has 6 aromatic rings. The van der Waals surface area contributed by atoms with Gasteiger partial charge in [0, 0.05) is 20.2 Å². The number of phenolic OH excluding ortho intramolecular Hbond substituents is 2. The van der Waals surface area contributed by atoms with Crippen LogP contribution in [0.5, 0.6) is 11.5 Å². The second-order valence-electron chi connectivity index (χ2n) is 6.54. The summed E-state index contributed by atoms with van der Waals surface area (Å²) in [4.78, 5) is 0. The van der Waals surface area contributed by atoms with Gasteiger partial charge in [-0.25, -0.2) is 0 Å². The molecule has 0 atom stereocenters. The van der Waals surface area contributed by atoms with Gasteiger partial charge in [0.15, 0.2) is 0 Å². The summed E-state index contributed by atoms with van der Waals surface area (Å²) >= 11 is 3.26. The minimum absolute atomic E-state index is 0.291. The fourth-order valence-corrected chi connectivity index (χ4v) is 5.95. The molecule has 2 N–H and O–H groups in total. The van der Waals surface area contributed by atoms with E-state index in [2.05, 4.69) is 24.3 Å². The Labute approximate surface area is 156 Å². The van der Waals surface area contributed by atoms with Crippen molar-refractivity contribution in [2.75, 3.05) is 0 Å². The highest BCUT2D eigenvalue weighted by atomic mass is 32.1. The molecule has 0 aliphatic carbocycles. The molecule has 2 heterocycles. The third kappa shape index (κ3) is 1.70. The maximum atomic E-state index is 10.8.